The maximum Gasteiger partial charge on any atom is 0.323 e. The summed E-state index contributed by atoms with van der Waals surface area (Å²) < 4.78 is 86.5. The summed E-state index contributed by atoms with van der Waals surface area (Å²) in [5, 5.41) is 20.6. The number of halogens is 6. The Balaban J connectivity index is 0.000000167. The molecule has 0 aliphatic carbocycles. The molecule has 8 nitrogen and oxygen atoms in total. The molecule has 8 aromatic rings. The van der Waals surface area contributed by atoms with E-state index in [1.165, 1.54) is 0 Å². The topological polar surface area (TPSA) is 110 Å². The number of para-hydroxylation sites is 1. The maximum atomic E-state index is 14.1. The summed E-state index contributed by atoms with van der Waals surface area (Å²) in [7, 11) is 0. The SMILES string of the molecule is Cc1ccc2c(c1)c(-c1nc3c(F)c(F)cc(F)c3s1)c(C)n2CC(=O)O.Cc1cccc2c(-c3nc4c(F)c(F)cc(F)c4s3)c(C)n(CC(=O)O)c12. The second-order valence-electron chi connectivity index (χ2n) is 12.6. The highest BCUT2D eigenvalue weighted by molar-refractivity contribution is 7.22. The van der Waals surface area contributed by atoms with E-state index in [1.807, 2.05) is 44.2 Å². The van der Waals surface area contributed by atoms with Crippen LogP contribution < -0.4 is 0 Å². The maximum absolute atomic E-state index is 14.1. The molecule has 0 bridgehead atoms. The van der Waals surface area contributed by atoms with Crippen LogP contribution in [-0.4, -0.2) is 41.3 Å². The number of fused-ring (bicyclic) bond motifs is 4. The van der Waals surface area contributed by atoms with Crippen molar-refractivity contribution in [3.05, 3.63) is 106 Å². The molecule has 0 unspecified atom stereocenters. The van der Waals surface area contributed by atoms with Gasteiger partial charge in [0.25, 0.3) is 0 Å². The van der Waals surface area contributed by atoms with Gasteiger partial charge in [-0.2, -0.15) is 0 Å². The van der Waals surface area contributed by atoms with Crippen LogP contribution in [-0.2, 0) is 22.7 Å². The third-order valence-corrected chi connectivity index (χ3v) is 11.2. The monoisotopic (exact) mass is 780 g/mol. The van der Waals surface area contributed by atoms with Crippen LogP contribution in [0.25, 0.3) is 63.4 Å². The molecular formula is C38H26F6N4O4S2. The number of hydrogen-bond donors (Lipinski definition) is 2. The number of carboxylic acids is 2. The fraction of sp³-hybridized carbons (Fsp3) is 0.158. The molecule has 0 amide bonds. The predicted molar refractivity (Wildman–Crippen MR) is 195 cm³/mol. The van der Waals surface area contributed by atoms with E-state index in [9.17, 15) is 46.1 Å². The molecule has 0 atom stereocenters. The van der Waals surface area contributed by atoms with Gasteiger partial charge in [0.1, 0.15) is 45.8 Å². The number of thiazole rings is 2. The molecule has 276 valence electrons. The number of aliphatic carboxylic acids is 2. The van der Waals surface area contributed by atoms with Crippen molar-refractivity contribution in [2.24, 2.45) is 0 Å². The van der Waals surface area contributed by atoms with E-state index in [2.05, 4.69) is 9.97 Å². The van der Waals surface area contributed by atoms with Crippen LogP contribution in [0.15, 0.2) is 48.5 Å². The third kappa shape index (κ3) is 6.04. The molecule has 4 aromatic heterocycles. The minimum atomic E-state index is -1.29. The molecule has 0 aliphatic rings. The Kier molecular flexibility index (Phi) is 9.22. The number of hydrogen-bond acceptors (Lipinski definition) is 6. The molecule has 4 heterocycles. The van der Waals surface area contributed by atoms with Gasteiger partial charge in [0.2, 0.25) is 0 Å². The van der Waals surface area contributed by atoms with Gasteiger partial charge < -0.3 is 19.3 Å². The highest BCUT2D eigenvalue weighted by Gasteiger charge is 2.25. The highest BCUT2D eigenvalue weighted by atomic mass is 32.1. The Morgan fingerprint density at radius 2 is 1.15 bits per heavy atom. The van der Waals surface area contributed by atoms with Gasteiger partial charge in [-0.1, -0.05) is 29.8 Å². The lowest BCUT2D eigenvalue weighted by Gasteiger charge is -2.06. The highest BCUT2D eigenvalue weighted by Crippen LogP contribution is 2.42. The average molecular weight is 781 g/mol. The Hall–Kier alpha value is -5.74. The van der Waals surface area contributed by atoms with Gasteiger partial charge in [0, 0.05) is 50.9 Å². The smallest absolute Gasteiger partial charge is 0.323 e. The number of carbonyl (C=O) groups is 2. The standard InChI is InChI=1S/2C19H13F3N2O2S/c1-8-3-4-13-10(5-8)15(9(2)24(13)7-14(25)26)19-23-17-16(22)11(20)6-12(21)18(17)27-19;1-8-4-3-5-10-14(9(2)24(17(8)10)7-13(25)26)19-23-16-15(22)11(20)6-12(21)18(16)27-19/h2*3-6H,7H2,1-2H3,(H,25,26). The van der Waals surface area contributed by atoms with E-state index >= 15 is 0 Å². The minimum Gasteiger partial charge on any atom is -0.480 e. The van der Waals surface area contributed by atoms with E-state index in [0.717, 1.165) is 50.1 Å². The van der Waals surface area contributed by atoms with Crippen molar-refractivity contribution in [3.8, 4) is 21.1 Å². The summed E-state index contributed by atoms with van der Waals surface area (Å²) >= 11 is 1.83. The quantitative estimate of drug-likeness (QED) is 0.128. The zero-order valence-electron chi connectivity index (χ0n) is 28.6. The molecule has 16 heteroatoms. The van der Waals surface area contributed by atoms with E-state index < -0.39 is 46.8 Å². The zero-order chi connectivity index (χ0) is 38.9. The first-order valence-corrected chi connectivity index (χ1v) is 17.7. The number of aryl methyl sites for hydroxylation is 2. The van der Waals surface area contributed by atoms with E-state index in [0.29, 0.717) is 50.2 Å². The predicted octanol–water partition coefficient (Wildman–Crippen LogP) is 10.1. The van der Waals surface area contributed by atoms with E-state index in [-0.39, 0.29) is 33.5 Å². The Labute approximate surface area is 309 Å². The van der Waals surface area contributed by atoms with Crippen molar-refractivity contribution in [2.75, 3.05) is 0 Å². The molecule has 54 heavy (non-hydrogen) atoms. The first-order chi connectivity index (χ1) is 25.6. The minimum absolute atomic E-state index is 0.0740. The van der Waals surface area contributed by atoms with E-state index in [4.69, 9.17) is 0 Å². The summed E-state index contributed by atoms with van der Waals surface area (Å²) in [4.78, 5) is 30.9. The summed E-state index contributed by atoms with van der Waals surface area (Å²) in [6.45, 7) is 6.70. The lowest BCUT2D eigenvalue weighted by molar-refractivity contribution is -0.138. The molecule has 0 aliphatic heterocycles. The molecule has 8 rings (SSSR count). The summed E-state index contributed by atoms with van der Waals surface area (Å²) in [5.41, 5.74) is 4.90. The number of carboxylic acid groups (broad SMARTS) is 2. The number of benzene rings is 4. The molecule has 0 saturated heterocycles. The summed E-state index contributed by atoms with van der Waals surface area (Å²) in [5.74, 6) is -8.75. The number of aromatic nitrogens is 4. The average Bonchev–Trinajstić information content (AvgIpc) is 3.86. The van der Waals surface area contributed by atoms with Gasteiger partial charge in [-0.3, -0.25) is 9.59 Å². The molecule has 0 radical (unpaired) electrons. The van der Waals surface area contributed by atoms with Gasteiger partial charge in [-0.25, -0.2) is 36.3 Å². The molecular weight excluding hydrogens is 755 g/mol. The van der Waals surface area contributed by atoms with Crippen LogP contribution in [0.2, 0.25) is 0 Å². The lowest BCUT2D eigenvalue weighted by atomic mass is 10.1. The van der Waals surface area contributed by atoms with Crippen LogP contribution in [0, 0.1) is 62.6 Å². The largest absolute Gasteiger partial charge is 0.480 e. The van der Waals surface area contributed by atoms with Gasteiger partial charge in [0.15, 0.2) is 23.3 Å². The number of rotatable bonds is 6. The van der Waals surface area contributed by atoms with Crippen molar-refractivity contribution in [1.82, 2.24) is 19.1 Å². The second-order valence-corrected chi connectivity index (χ2v) is 14.6. The van der Waals surface area contributed by atoms with Crippen LogP contribution in [0.4, 0.5) is 26.3 Å². The molecule has 4 aromatic carbocycles. The van der Waals surface area contributed by atoms with Gasteiger partial charge in [-0.15, -0.1) is 22.7 Å². The fourth-order valence-electron chi connectivity index (χ4n) is 6.71. The van der Waals surface area contributed by atoms with Crippen LogP contribution in [0.1, 0.15) is 22.5 Å². The van der Waals surface area contributed by atoms with Crippen LogP contribution in [0.5, 0.6) is 0 Å². The molecule has 0 fully saturated rings. The van der Waals surface area contributed by atoms with E-state index in [1.54, 1.807) is 29.0 Å². The second kappa shape index (κ2) is 13.6. The fourth-order valence-corrected chi connectivity index (χ4v) is 8.86. The van der Waals surface area contributed by atoms with Gasteiger partial charge >= 0.3 is 11.9 Å². The van der Waals surface area contributed by atoms with Crippen molar-refractivity contribution >= 4 is 76.9 Å². The Morgan fingerprint density at radius 1 is 0.648 bits per heavy atom. The van der Waals surface area contributed by atoms with Crippen molar-refractivity contribution in [3.63, 3.8) is 0 Å². The third-order valence-electron chi connectivity index (χ3n) is 9.07. The van der Waals surface area contributed by atoms with Crippen molar-refractivity contribution in [2.45, 2.75) is 40.8 Å². The van der Waals surface area contributed by atoms with Crippen molar-refractivity contribution in [1.29, 1.82) is 0 Å². The summed E-state index contributed by atoms with van der Waals surface area (Å²) in [6.07, 6.45) is 0. The van der Waals surface area contributed by atoms with Crippen LogP contribution in [0.3, 0.4) is 0 Å². The normalized spacial score (nSPS) is 11.6. The molecule has 0 saturated carbocycles. The number of nitrogens with zero attached hydrogens (tertiary/aromatic N) is 4. The Morgan fingerprint density at radius 3 is 1.69 bits per heavy atom. The zero-order valence-corrected chi connectivity index (χ0v) is 30.3. The van der Waals surface area contributed by atoms with Crippen molar-refractivity contribution < 1.29 is 46.1 Å². The first kappa shape index (κ1) is 36.6. The van der Waals surface area contributed by atoms with Crippen LogP contribution >= 0.6 is 22.7 Å². The first-order valence-electron chi connectivity index (χ1n) is 16.1. The van der Waals surface area contributed by atoms with Gasteiger partial charge in [-0.05, 0) is 45.4 Å². The lowest BCUT2D eigenvalue weighted by Crippen LogP contribution is -2.10. The summed E-state index contributed by atoms with van der Waals surface area (Å²) in [6, 6.07) is 12.0. The molecule has 0 spiro atoms. The van der Waals surface area contributed by atoms with Gasteiger partial charge in [0.05, 0.1) is 14.9 Å². The Bertz CT molecular complexity index is 2780. The molecule has 2 N–H and O–H groups in total.